The Morgan fingerprint density at radius 2 is 1.96 bits per heavy atom. The van der Waals surface area contributed by atoms with Gasteiger partial charge < -0.3 is 14.2 Å². The van der Waals surface area contributed by atoms with Gasteiger partial charge in [0.2, 0.25) is 0 Å². The summed E-state index contributed by atoms with van der Waals surface area (Å²) in [4.78, 5) is 11.9. The number of carbonyl (C=O) groups excluding carboxylic acids is 1. The highest BCUT2D eigenvalue weighted by atomic mass is 79.9. The van der Waals surface area contributed by atoms with E-state index in [0.717, 1.165) is 22.0 Å². The molecule has 0 heterocycles. The van der Waals surface area contributed by atoms with Crippen molar-refractivity contribution >= 4 is 28.1 Å². The van der Waals surface area contributed by atoms with Crippen LogP contribution in [-0.4, -0.2) is 32.9 Å². The van der Waals surface area contributed by atoms with Crippen LogP contribution in [0.2, 0.25) is 0 Å². The molecule has 0 unspecified atom stereocenters. The van der Waals surface area contributed by atoms with Gasteiger partial charge >= 0.3 is 0 Å². The lowest BCUT2D eigenvalue weighted by Crippen LogP contribution is -2.24. The highest BCUT2D eigenvalue weighted by Crippen LogP contribution is 2.35. The number of para-hydroxylation sites is 1. The summed E-state index contributed by atoms with van der Waals surface area (Å²) in [5.41, 5.74) is 4.24. The van der Waals surface area contributed by atoms with Crippen molar-refractivity contribution in [1.82, 2.24) is 5.43 Å². The van der Waals surface area contributed by atoms with Gasteiger partial charge in [-0.05, 0) is 51.7 Å². The number of halogens is 1. The minimum absolute atomic E-state index is 0.107. The molecule has 7 heteroatoms. The number of methoxy groups -OCH3 is 2. The number of amides is 1. The molecule has 0 aliphatic rings. The van der Waals surface area contributed by atoms with Crippen molar-refractivity contribution in [1.29, 1.82) is 0 Å². The minimum atomic E-state index is -0.341. The first kappa shape index (κ1) is 19.8. The Balaban J connectivity index is 1.94. The number of hydrazone groups is 1. The summed E-state index contributed by atoms with van der Waals surface area (Å²) in [5.74, 6) is 1.52. The van der Waals surface area contributed by atoms with Gasteiger partial charge in [0.05, 0.1) is 24.9 Å². The third-order valence-corrected chi connectivity index (χ3v) is 4.16. The maximum Gasteiger partial charge on any atom is 0.277 e. The van der Waals surface area contributed by atoms with Crippen molar-refractivity contribution in [2.45, 2.75) is 13.3 Å². The summed E-state index contributed by atoms with van der Waals surface area (Å²) >= 11 is 3.41. The molecule has 2 rings (SSSR count). The van der Waals surface area contributed by atoms with Crippen molar-refractivity contribution in [2.24, 2.45) is 5.10 Å². The number of hydrogen-bond donors (Lipinski definition) is 1. The van der Waals surface area contributed by atoms with Gasteiger partial charge in [-0.25, -0.2) is 5.43 Å². The lowest BCUT2D eigenvalue weighted by molar-refractivity contribution is -0.123. The third kappa shape index (κ3) is 5.23. The van der Waals surface area contributed by atoms with Crippen molar-refractivity contribution < 1.29 is 19.0 Å². The smallest absolute Gasteiger partial charge is 0.277 e. The average molecular weight is 421 g/mol. The fourth-order valence-electron chi connectivity index (χ4n) is 2.30. The molecule has 0 fully saturated rings. The molecule has 26 heavy (non-hydrogen) atoms. The number of nitrogens with zero attached hydrogens (tertiary/aromatic N) is 1. The second-order valence-electron chi connectivity index (χ2n) is 5.28. The van der Waals surface area contributed by atoms with E-state index in [1.165, 1.54) is 6.21 Å². The van der Waals surface area contributed by atoms with E-state index < -0.39 is 0 Å². The van der Waals surface area contributed by atoms with Crippen molar-refractivity contribution in [3.05, 3.63) is 52.0 Å². The van der Waals surface area contributed by atoms with Gasteiger partial charge in [-0.3, -0.25) is 4.79 Å². The lowest BCUT2D eigenvalue weighted by atomic mass is 10.1. The number of hydrogen-bond acceptors (Lipinski definition) is 5. The molecule has 2 aromatic carbocycles. The first-order valence-corrected chi connectivity index (χ1v) is 8.82. The van der Waals surface area contributed by atoms with Gasteiger partial charge in [0, 0.05) is 0 Å². The largest absolute Gasteiger partial charge is 0.493 e. The summed E-state index contributed by atoms with van der Waals surface area (Å²) in [6.07, 6.45) is 2.36. The second-order valence-corrected chi connectivity index (χ2v) is 6.14. The molecule has 2 aromatic rings. The molecule has 1 amide bonds. The summed E-state index contributed by atoms with van der Waals surface area (Å²) in [5, 5.41) is 3.95. The summed E-state index contributed by atoms with van der Waals surface area (Å²) in [6, 6.07) is 11.2. The van der Waals surface area contributed by atoms with Crippen molar-refractivity contribution in [3.63, 3.8) is 0 Å². The van der Waals surface area contributed by atoms with Crippen LogP contribution in [0, 0.1) is 0 Å². The van der Waals surface area contributed by atoms with Crippen LogP contribution in [0.4, 0.5) is 0 Å². The van der Waals surface area contributed by atoms with Gasteiger partial charge in [0.15, 0.2) is 18.1 Å². The maximum absolute atomic E-state index is 11.9. The Hall–Kier alpha value is -2.54. The number of nitrogens with one attached hydrogen (secondary N) is 1. The number of rotatable bonds is 8. The zero-order valence-electron chi connectivity index (χ0n) is 14.9. The average Bonchev–Trinajstić information content (AvgIpc) is 2.66. The number of aryl methyl sites for hydroxylation is 1. The molecule has 1 N–H and O–H groups in total. The zero-order valence-corrected chi connectivity index (χ0v) is 16.5. The molecule has 0 radical (unpaired) electrons. The van der Waals surface area contributed by atoms with E-state index in [4.69, 9.17) is 14.2 Å². The van der Waals surface area contributed by atoms with Crippen LogP contribution >= 0.6 is 15.9 Å². The molecule has 138 valence electrons. The van der Waals surface area contributed by atoms with E-state index in [9.17, 15) is 4.79 Å². The standard InChI is InChI=1S/C19H21BrN2O4/c1-4-14-7-5-6-8-16(14)26-12-18(23)22-21-11-13-9-15(20)19(25-3)17(10-13)24-2/h5-11H,4,12H2,1-3H3,(H,22,23)/b21-11+. The molecule has 0 saturated carbocycles. The van der Waals surface area contributed by atoms with E-state index >= 15 is 0 Å². The van der Waals surface area contributed by atoms with E-state index in [0.29, 0.717) is 17.2 Å². The van der Waals surface area contributed by atoms with Crippen LogP contribution in [0.1, 0.15) is 18.1 Å². The van der Waals surface area contributed by atoms with E-state index in [1.807, 2.05) is 37.3 Å². The van der Waals surface area contributed by atoms with Crippen molar-refractivity contribution in [2.75, 3.05) is 20.8 Å². The first-order valence-electron chi connectivity index (χ1n) is 8.03. The fraction of sp³-hybridized carbons (Fsp3) is 0.263. The molecule has 0 saturated heterocycles. The predicted molar refractivity (Wildman–Crippen MR) is 104 cm³/mol. The second kappa shape index (κ2) is 9.82. The van der Waals surface area contributed by atoms with E-state index in [2.05, 4.69) is 26.5 Å². The Bertz CT molecular complexity index is 793. The maximum atomic E-state index is 11.9. The molecule has 6 nitrogen and oxygen atoms in total. The molecular formula is C19H21BrN2O4. The van der Waals surface area contributed by atoms with Gasteiger partial charge in [-0.2, -0.15) is 5.10 Å². The highest BCUT2D eigenvalue weighted by Gasteiger charge is 2.10. The monoisotopic (exact) mass is 420 g/mol. The topological polar surface area (TPSA) is 69.2 Å². The Morgan fingerprint density at radius 1 is 1.19 bits per heavy atom. The van der Waals surface area contributed by atoms with E-state index in [1.54, 1.807) is 20.3 Å². The quantitative estimate of drug-likeness (QED) is 0.523. The highest BCUT2D eigenvalue weighted by molar-refractivity contribution is 9.10. The number of benzene rings is 2. The molecule has 0 aliphatic heterocycles. The van der Waals surface area contributed by atoms with Crippen molar-refractivity contribution in [3.8, 4) is 17.2 Å². The fourth-order valence-corrected chi connectivity index (χ4v) is 2.93. The van der Waals surface area contributed by atoms with Gasteiger partial charge in [0.25, 0.3) is 5.91 Å². The third-order valence-electron chi connectivity index (χ3n) is 3.57. The Kier molecular flexibility index (Phi) is 7.47. The zero-order chi connectivity index (χ0) is 18.9. The molecule has 0 aromatic heterocycles. The number of ether oxygens (including phenoxy) is 3. The van der Waals surface area contributed by atoms with Crippen LogP contribution in [0.5, 0.6) is 17.2 Å². The molecule has 0 aliphatic carbocycles. The van der Waals surface area contributed by atoms with Crippen LogP contribution in [0.15, 0.2) is 46.0 Å². The van der Waals surface area contributed by atoms with Crippen LogP contribution in [-0.2, 0) is 11.2 Å². The van der Waals surface area contributed by atoms with E-state index in [-0.39, 0.29) is 12.5 Å². The SMILES string of the molecule is CCc1ccccc1OCC(=O)N/N=C/c1cc(Br)c(OC)c(OC)c1. The Morgan fingerprint density at radius 3 is 2.65 bits per heavy atom. The van der Waals surface area contributed by atoms with Crippen LogP contribution < -0.4 is 19.6 Å². The van der Waals surface area contributed by atoms with Gasteiger partial charge in [-0.15, -0.1) is 0 Å². The summed E-state index contributed by atoms with van der Waals surface area (Å²) < 4.78 is 16.8. The minimum Gasteiger partial charge on any atom is -0.493 e. The molecular weight excluding hydrogens is 400 g/mol. The Labute approximate surface area is 161 Å². The van der Waals surface area contributed by atoms with Gasteiger partial charge in [-0.1, -0.05) is 25.1 Å². The summed E-state index contributed by atoms with van der Waals surface area (Å²) in [7, 11) is 3.12. The first-order chi connectivity index (χ1) is 12.6. The molecule has 0 atom stereocenters. The predicted octanol–water partition coefficient (Wildman–Crippen LogP) is 3.56. The molecule has 0 spiro atoms. The normalized spacial score (nSPS) is 10.6. The molecule has 0 bridgehead atoms. The van der Waals surface area contributed by atoms with Crippen LogP contribution in [0.25, 0.3) is 0 Å². The number of carbonyl (C=O) groups is 1. The lowest BCUT2D eigenvalue weighted by Gasteiger charge is -2.10. The van der Waals surface area contributed by atoms with Crippen LogP contribution in [0.3, 0.4) is 0 Å². The summed E-state index contributed by atoms with van der Waals surface area (Å²) in [6.45, 7) is 1.93. The van der Waals surface area contributed by atoms with Gasteiger partial charge in [0.1, 0.15) is 5.75 Å².